The van der Waals surface area contributed by atoms with Gasteiger partial charge < -0.3 is 5.32 Å². The number of aromatic nitrogens is 2. The number of nitrogens with zero attached hydrogens (tertiary/aromatic N) is 3. The first-order chi connectivity index (χ1) is 8.99. The summed E-state index contributed by atoms with van der Waals surface area (Å²) in [5.74, 6) is 1.43. The summed E-state index contributed by atoms with van der Waals surface area (Å²) in [6.07, 6.45) is 2.80. The van der Waals surface area contributed by atoms with Crippen LogP contribution in [-0.4, -0.2) is 46.6 Å². The summed E-state index contributed by atoms with van der Waals surface area (Å²) in [6.45, 7) is 13.3. The van der Waals surface area contributed by atoms with E-state index in [0.29, 0.717) is 5.92 Å². The molecule has 2 rings (SSSR count). The molecule has 0 aromatic carbocycles. The molecular formula is C15H26N4. The Bertz CT molecular complexity index is 408. The van der Waals surface area contributed by atoms with Crippen LogP contribution in [0, 0.1) is 0 Å². The molecule has 0 atom stereocenters. The molecule has 0 bridgehead atoms. The van der Waals surface area contributed by atoms with Gasteiger partial charge >= 0.3 is 0 Å². The minimum Gasteiger partial charge on any atom is -0.314 e. The van der Waals surface area contributed by atoms with Crippen molar-refractivity contribution in [2.45, 2.75) is 45.6 Å². The number of hydrogen-bond acceptors (Lipinski definition) is 4. The van der Waals surface area contributed by atoms with Crippen LogP contribution in [0.1, 0.15) is 45.1 Å². The van der Waals surface area contributed by atoms with Gasteiger partial charge in [-0.2, -0.15) is 0 Å². The smallest absolute Gasteiger partial charge is 0.130 e. The Kier molecular flexibility index (Phi) is 4.53. The highest BCUT2D eigenvalue weighted by Crippen LogP contribution is 2.20. The summed E-state index contributed by atoms with van der Waals surface area (Å²) in [5, 5.41) is 3.40. The molecule has 0 aliphatic carbocycles. The maximum atomic E-state index is 4.70. The molecule has 4 nitrogen and oxygen atoms in total. The van der Waals surface area contributed by atoms with Crippen molar-refractivity contribution in [1.29, 1.82) is 0 Å². The van der Waals surface area contributed by atoms with Crippen LogP contribution in [0.5, 0.6) is 0 Å². The monoisotopic (exact) mass is 262 g/mol. The molecule has 1 aromatic rings. The largest absolute Gasteiger partial charge is 0.314 e. The molecule has 106 valence electrons. The highest BCUT2D eigenvalue weighted by molar-refractivity contribution is 5.08. The summed E-state index contributed by atoms with van der Waals surface area (Å²) < 4.78 is 0. The fraction of sp³-hybridized carbons (Fsp3) is 0.733. The number of nitrogens with one attached hydrogen (secondary N) is 1. The molecule has 1 fully saturated rings. The lowest BCUT2D eigenvalue weighted by Gasteiger charge is -2.41. The minimum absolute atomic E-state index is 0.123. The van der Waals surface area contributed by atoms with Gasteiger partial charge in [0.05, 0.1) is 0 Å². The van der Waals surface area contributed by atoms with E-state index in [1.807, 2.05) is 12.3 Å². The van der Waals surface area contributed by atoms with Gasteiger partial charge in [0.25, 0.3) is 0 Å². The molecule has 1 aliphatic heterocycles. The summed E-state index contributed by atoms with van der Waals surface area (Å²) in [6, 6.07) is 2.02. The van der Waals surface area contributed by atoms with E-state index in [1.54, 1.807) is 0 Å². The molecule has 4 heteroatoms. The normalized spacial score (nSPS) is 17.9. The summed E-state index contributed by atoms with van der Waals surface area (Å²) in [7, 11) is 0. The van der Waals surface area contributed by atoms with Crippen LogP contribution in [0.4, 0.5) is 0 Å². The second-order valence-corrected chi connectivity index (χ2v) is 6.28. The molecule has 0 unspecified atom stereocenters. The SMILES string of the molecule is CC(C)c1ccnc(CC(C)(C)N2CCNCC2)n1. The van der Waals surface area contributed by atoms with Crippen molar-refractivity contribution >= 4 is 0 Å². The van der Waals surface area contributed by atoms with Crippen LogP contribution in [0.2, 0.25) is 0 Å². The van der Waals surface area contributed by atoms with Crippen molar-refractivity contribution in [2.24, 2.45) is 0 Å². The number of hydrogen-bond donors (Lipinski definition) is 1. The van der Waals surface area contributed by atoms with Crippen LogP contribution >= 0.6 is 0 Å². The van der Waals surface area contributed by atoms with E-state index < -0.39 is 0 Å². The highest BCUT2D eigenvalue weighted by Gasteiger charge is 2.29. The summed E-state index contributed by atoms with van der Waals surface area (Å²) in [4.78, 5) is 11.7. The Hall–Kier alpha value is -1.00. The van der Waals surface area contributed by atoms with E-state index in [1.165, 1.54) is 0 Å². The first-order valence-corrected chi connectivity index (χ1v) is 7.26. The third-order valence-corrected chi connectivity index (χ3v) is 3.88. The van der Waals surface area contributed by atoms with Crippen LogP contribution < -0.4 is 5.32 Å². The summed E-state index contributed by atoms with van der Waals surface area (Å²) in [5.41, 5.74) is 1.26. The third-order valence-electron chi connectivity index (χ3n) is 3.88. The van der Waals surface area contributed by atoms with Crippen molar-refractivity contribution in [3.63, 3.8) is 0 Å². The van der Waals surface area contributed by atoms with Gasteiger partial charge in [-0.3, -0.25) is 4.90 Å². The fourth-order valence-electron chi connectivity index (χ4n) is 2.59. The maximum absolute atomic E-state index is 4.70. The lowest BCUT2D eigenvalue weighted by Crippen LogP contribution is -2.54. The van der Waals surface area contributed by atoms with Crippen molar-refractivity contribution in [3.8, 4) is 0 Å². The van der Waals surface area contributed by atoms with Gasteiger partial charge in [0.1, 0.15) is 5.82 Å². The van der Waals surface area contributed by atoms with Crippen molar-refractivity contribution in [1.82, 2.24) is 20.2 Å². The van der Waals surface area contributed by atoms with Crippen molar-refractivity contribution < 1.29 is 0 Å². The molecule has 0 radical (unpaired) electrons. The average molecular weight is 262 g/mol. The predicted octanol–water partition coefficient (Wildman–Crippen LogP) is 1.83. The first kappa shape index (κ1) is 14.4. The van der Waals surface area contributed by atoms with Gasteiger partial charge in [-0.25, -0.2) is 9.97 Å². The molecule has 1 saturated heterocycles. The van der Waals surface area contributed by atoms with E-state index in [4.69, 9.17) is 4.98 Å². The Balaban J connectivity index is 2.08. The third kappa shape index (κ3) is 3.74. The lowest BCUT2D eigenvalue weighted by atomic mass is 9.96. The predicted molar refractivity (Wildman–Crippen MR) is 78.3 cm³/mol. The van der Waals surface area contributed by atoms with E-state index in [0.717, 1.165) is 44.1 Å². The van der Waals surface area contributed by atoms with E-state index in [9.17, 15) is 0 Å². The zero-order chi connectivity index (χ0) is 13.9. The zero-order valence-electron chi connectivity index (χ0n) is 12.6. The van der Waals surface area contributed by atoms with E-state index >= 15 is 0 Å². The van der Waals surface area contributed by atoms with Crippen LogP contribution in [0.3, 0.4) is 0 Å². The molecule has 1 aromatic heterocycles. The first-order valence-electron chi connectivity index (χ1n) is 7.26. The van der Waals surface area contributed by atoms with Gasteiger partial charge in [-0.05, 0) is 25.8 Å². The second-order valence-electron chi connectivity index (χ2n) is 6.28. The fourth-order valence-corrected chi connectivity index (χ4v) is 2.59. The Morgan fingerprint density at radius 1 is 1.32 bits per heavy atom. The number of piperazine rings is 1. The van der Waals surface area contributed by atoms with Crippen LogP contribution in [-0.2, 0) is 6.42 Å². The molecule has 1 aliphatic rings. The molecule has 19 heavy (non-hydrogen) atoms. The molecule has 0 saturated carbocycles. The highest BCUT2D eigenvalue weighted by atomic mass is 15.2. The van der Waals surface area contributed by atoms with Gasteiger partial charge in [0.2, 0.25) is 0 Å². The second kappa shape index (κ2) is 5.97. The maximum Gasteiger partial charge on any atom is 0.130 e. The standard InChI is InChI=1S/C15H26N4/c1-12(2)13-5-6-17-14(18-13)11-15(3,4)19-9-7-16-8-10-19/h5-6,12,16H,7-11H2,1-4H3. The van der Waals surface area contributed by atoms with Crippen molar-refractivity contribution in [3.05, 3.63) is 23.8 Å². The zero-order valence-corrected chi connectivity index (χ0v) is 12.6. The van der Waals surface area contributed by atoms with Crippen LogP contribution in [0.15, 0.2) is 12.3 Å². The molecule has 2 heterocycles. The molecule has 1 N–H and O–H groups in total. The molecule has 0 amide bonds. The van der Waals surface area contributed by atoms with E-state index in [-0.39, 0.29) is 5.54 Å². The van der Waals surface area contributed by atoms with Gasteiger partial charge in [0.15, 0.2) is 0 Å². The van der Waals surface area contributed by atoms with E-state index in [2.05, 4.69) is 42.9 Å². The minimum atomic E-state index is 0.123. The average Bonchev–Trinajstić information content (AvgIpc) is 2.39. The van der Waals surface area contributed by atoms with Gasteiger partial charge in [-0.1, -0.05) is 13.8 Å². The molecule has 0 spiro atoms. The summed E-state index contributed by atoms with van der Waals surface area (Å²) >= 11 is 0. The van der Waals surface area contributed by atoms with Crippen LogP contribution in [0.25, 0.3) is 0 Å². The Morgan fingerprint density at radius 3 is 2.63 bits per heavy atom. The topological polar surface area (TPSA) is 41.1 Å². The van der Waals surface area contributed by atoms with Crippen molar-refractivity contribution in [2.75, 3.05) is 26.2 Å². The quantitative estimate of drug-likeness (QED) is 0.899. The van der Waals surface area contributed by atoms with Gasteiger partial charge in [-0.15, -0.1) is 0 Å². The Morgan fingerprint density at radius 2 is 2.00 bits per heavy atom. The number of rotatable bonds is 4. The van der Waals surface area contributed by atoms with Gasteiger partial charge in [0, 0.05) is 50.0 Å². The molecular weight excluding hydrogens is 236 g/mol. The Labute approximate surface area is 116 Å². The lowest BCUT2D eigenvalue weighted by molar-refractivity contribution is 0.102.